The standard InChI is InChI=1S/C13H19NO2.ClH/c1-9(2)8-11(14)10-4-3-5-12-13(10)16-7-6-15-12;/h3-5,9,11H,6-8,14H2,1-2H3;1H/t11-;/m1./s1. The fraction of sp³-hybridized carbons (Fsp3) is 0.538. The average molecular weight is 258 g/mol. The highest BCUT2D eigenvalue weighted by atomic mass is 35.5. The van der Waals surface area contributed by atoms with Gasteiger partial charge < -0.3 is 15.2 Å². The first-order chi connectivity index (χ1) is 7.68. The molecule has 1 aromatic carbocycles. The minimum absolute atomic E-state index is 0. The molecule has 2 rings (SSSR count). The predicted molar refractivity (Wildman–Crippen MR) is 71.1 cm³/mol. The topological polar surface area (TPSA) is 44.5 Å². The van der Waals surface area contributed by atoms with E-state index >= 15 is 0 Å². The van der Waals surface area contributed by atoms with Gasteiger partial charge in [0.25, 0.3) is 0 Å². The molecule has 0 aromatic heterocycles. The molecule has 0 radical (unpaired) electrons. The van der Waals surface area contributed by atoms with Gasteiger partial charge in [0.15, 0.2) is 11.5 Å². The van der Waals surface area contributed by atoms with Crippen LogP contribution < -0.4 is 15.2 Å². The minimum Gasteiger partial charge on any atom is -0.486 e. The molecule has 0 aliphatic carbocycles. The van der Waals surface area contributed by atoms with Crippen molar-refractivity contribution in [3.05, 3.63) is 23.8 Å². The fourth-order valence-corrected chi connectivity index (χ4v) is 2.02. The fourth-order valence-electron chi connectivity index (χ4n) is 2.02. The van der Waals surface area contributed by atoms with Crippen molar-refractivity contribution in [1.82, 2.24) is 0 Å². The summed E-state index contributed by atoms with van der Waals surface area (Å²) in [5.41, 5.74) is 7.25. The average Bonchev–Trinajstić information content (AvgIpc) is 2.27. The Bertz CT molecular complexity index is 368. The molecule has 0 saturated heterocycles. The van der Waals surface area contributed by atoms with Gasteiger partial charge in [-0.15, -0.1) is 12.4 Å². The van der Waals surface area contributed by atoms with Crippen LogP contribution >= 0.6 is 12.4 Å². The molecule has 1 aliphatic rings. The summed E-state index contributed by atoms with van der Waals surface area (Å²) >= 11 is 0. The lowest BCUT2D eigenvalue weighted by molar-refractivity contribution is 0.169. The summed E-state index contributed by atoms with van der Waals surface area (Å²) in [5.74, 6) is 2.24. The summed E-state index contributed by atoms with van der Waals surface area (Å²) in [4.78, 5) is 0. The van der Waals surface area contributed by atoms with Gasteiger partial charge in [-0.25, -0.2) is 0 Å². The third-order valence-electron chi connectivity index (χ3n) is 2.72. The van der Waals surface area contributed by atoms with Crippen LogP contribution in [0.1, 0.15) is 31.9 Å². The lowest BCUT2D eigenvalue weighted by Crippen LogP contribution is -2.20. The molecule has 4 heteroatoms. The number of rotatable bonds is 3. The van der Waals surface area contributed by atoms with Crippen LogP contribution in [-0.2, 0) is 0 Å². The van der Waals surface area contributed by atoms with Crippen LogP contribution in [0.3, 0.4) is 0 Å². The number of nitrogens with two attached hydrogens (primary N) is 1. The Morgan fingerprint density at radius 1 is 1.24 bits per heavy atom. The smallest absolute Gasteiger partial charge is 0.166 e. The van der Waals surface area contributed by atoms with Crippen molar-refractivity contribution in [3.8, 4) is 11.5 Å². The van der Waals surface area contributed by atoms with Crippen LogP contribution in [0.4, 0.5) is 0 Å². The summed E-state index contributed by atoms with van der Waals surface area (Å²) in [7, 11) is 0. The molecule has 2 N–H and O–H groups in total. The second-order valence-corrected chi connectivity index (χ2v) is 4.61. The van der Waals surface area contributed by atoms with Gasteiger partial charge in [0.2, 0.25) is 0 Å². The van der Waals surface area contributed by atoms with E-state index in [4.69, 9.17) is 15.2 Å². The highest BCUT2D eigenvalue weighted by Gasteiger charge is 2.20. The molecule has 0 bridgehead atoms. The van der Waals surface area contributed by atoms with E-state index in [1.807, 2.05) is 18.2 Å². The Hall–Kier alpha value is -0.930. The van der Waals surface area contributed by atoms with Gasteiger partial charge in [-0.05, 0) is 18.4 Å². The number of para-hydroxylation sites is 1. The van der Waals surface area contributed by atoms with E-state index in [9.17, 15) is 0 Å². The first-order valence-corrected chi connectivity index (χ1v) is 5.82. The monoisotopic (exact) mass is 257 g/mol. The van der Waals surface area contributed by atoms with Gasteiger partial charge in [-0.2, -0.15) is 0 Å². The van der Waals surface area contributed by atoms with Gasteiger partial charge in [0, 0.05) is 11.6 Å². The number of halogens is 1. The molecule has 0 spiro atoms. The molecule has 17 heavy (non-hydrogen) atoms. The summed E-state index contributed by atoms with van der Waals surface area (Å²) in [6, 6.07) is 5.96. The van der Waals surface area contributed by atoms with Gasteiger partial charge in [0.1, 0.15) is 13.2 Å². The Morgan fingerprint density at radius 2 is 1.94 bits per heavy atom. The Morgan fingerprint density at radius 3 is 2.65 bits per heavy atom. The number of ether oxygens (including phenoxy) is 2. The molecule has 0 fully saturated rings. The van der Waals surface area contributed by atoms with E-state index in [0.717, 1.165) is 23.5 Å². The van der Waals surface area contributed by atoms with E-state index in [1.54, 1.807) is 0 Å². The van der Waals surface area contributed by atoms with Crippen molar-refractivity contribution in [1.29, 1.82) is 0 Å². The molecule has 1 atom stereocenters. The van der Waals surface area contributed by atoms with Crippen LogP contribution in [0, 0.1) is 5.92 Å². The van der Waals surface area contributed by atoms with Crippen molar-refractivity contribution >= 4 is 12.4 Å². The maximum absolute atomic E-state index is 6.18. The highest BCUT2D eigenvalue weighted by Crippen LogP contribution is 2.37. The van der Waals surface area contributed by atoms with E-state index in [-0.39, 0.29) is 18.4 Å². The van der Waals surface area contributed by atoms with Crippen molar-refractivity contribution < 1.29 is 9.47 Å². The van der Waals surface area contributed by atoms with Gasteiger partial charge in [0.05, 0.1) is 0 Å². The summed E-state index contributed by atoms with van der Waals surface area (Å²) in [5, 5.41) is 0. The van der Waals surface area contributed by atoms with Crippen molar-refractivity contribution in [2.45, 2.75) is 26.3 Å². The number of hydrogen-bond donors (Lipinski definition) is 1. The third-order valence-corrected chi connectivity index (χ3v) is 2.72. The molecule has 96 valence electrons. The quantitative estimate of drug-likeness (QED) is 0.906. The molecular weight excluding hydrogens is 238 g/mol. The Balaban J connectivity index is 0.00000144. The lowest BCUT2D eigenvalue weighted by Gasteiger charge is -2.24. The zero-order chi connectivity index (χ0) is 11.5. The van der Waals surface area contributed by atoms with E-state index < -0.39 is 0 Å². The van der Waals surface area contributed by atoms with Crippen LogP contribution in [0.2, 0.25) is 0 Å². The number of fused-ring (bicyclic) bond motifs is 1. The minimum atomic E-state index is 0. The van der Waals surface area contributed by atoms with Crippen LogP contribution in [0.5, 0.6) is 11.5 Å². The first-order valence-electron chi connectivity index (χ1n) is 5.82. The normalized spacial score (nSPS) is 15.3. The van der Waals surface area contributed by atoms with Gasteiger partial charge in [-0.1, -0.05) is 26.0 Å². The molecule has 1 aliphatic heterocycles. The first kappa shape index (κ1) is 14.1. The van der Waals surface area contributed by atoms with Crippen LogP contribution in [0.15, 0.2) is 18.2 Å². The molecule has 1 aromatic rings. The molecular formula is C13H20ClNO2. The van der Waals surface area contributed by atoms with Gasteiger partial charge in [-0.3, -0.25) is 0 Å². The second kappa shape index (κ2) is 6.12. The third kappa shape index (κ3) is 3.27. The maximum atomic E-state index is 6.18. The number of benzene rings is 1. The van der Waals surface area contributed by atoms with E-state index in [0.29, 0.717) is 19.1 Å². The zero-order valence-electron chi connectivity index (χ0n) is 10.3. The van der Waals surface area contributed by atoms with Crippen molar-refractivity contribution in [2.24, 2.45) is 11.7 Å². The van der Waals surface area contributed by atoms with E-state index in [2.05, 4.69) is 13.8 Å². The molecule has 0 saturated carbocycles. The van der Waals surface area contributed by atoms with Crippen molar-refractivity contribution in [2.75, 3.05) is 13.2 Å². The molecule has 3 nitrogen and oxygen atoms in total. The zero-order valence-corrected chi connectivity index (χ0v) is 11.1. The Kier molecular flexibility index (Phi) is 5.09. The second-order valence-electron chi connectivity index (χ2n) is 4.61. The van der Waals surface area contributed by atoms with Crippen LogP contribution in [0.25, 0.3) is 0 Å². The molecule has 0 unspecified atom stereocenters. The van der Waals surface area contributed by atoms with Gasteiger partial charge >= 0.3 is 0 Å². The van der Waals surface area contributed by atoms with Crippen molar-refractivity contribution in [3.63, 3.8) is 0 Å². The predicted octanol–water partition coefficient (Wildman–Crippen LogP) is 2.93. The molecule has 0 amide bonds. The summed E-state index contributed by atoms with van der Waals surface area (Å²) in [6.45, 7) is 5.58. The molecule has 1 heterocycles. The largest absolute Gasteiger partial charge is 0.486 e. The Labute approximate surface area is 109 Å². The number of hydrogen-bond acceptors (Lipinski definition) is 3. The van der Waals surface area contributed by atoms with E-state index in [1.165, 1.54) is 0 Å². The summed E-state index contributed by atoms with van der Waals surface area (Å²) < 4.78 is 11.2. The lowest BCUT2D eigenvalue weighted by atomic mass is 9.97. The summed E-state index contributed by atoms with van der Waals surface area (Å²) in [6.07, 6.45) is 0.958. The maximum Gasteiger partial charge on any atom is 0.166 e. The SMILES string of the molecule is CC(C)C[C@@H](N)c1cccc2c1OCCO2.Cl. The highest BCUT2D eigenvalue weighted by molar-refractivity contribution is 5.85. The van der Waals surface area contributed by atoms with Crippen LogP contribution in [-0.4, -0.2) is 13.2 Å².